The molecule has 0 bridgehead atoms. The van der Waals surface area contributed by atoms with Gasteiger partial charge in [-0.05, 0) is 24.4 Å². The minimum Gasteiger partial charge on any atom is -0.310 e. The lowest BCUT2D eigenvalue weighted by Gasteiger charge is -2.18. The molecule has 0 saturated carbocycles. The minimum absolute atomic E-state index is 0.375. The first kappa shape index (κ1) is 15.7. The van der Waals surface area contributed by atoms with Crippen molar-refractivity contribution in [2.45, 2.75) is 46.2 Å². The van der Waals surface area contributed by atoms with Crippen molar-refractivity contribution in [3.63, 3.8) is 0 Å². The van der Waals surface area contributed by atoms with Crippen molar-refractivity contribution >= 4 is 0 Å². The molecule has 0 spiro atoms. The first-order chi connectivity index (χ1) is 10.2. The second-order valence-electron chi connectivity index (χ2n) is 5.81. The zero-order chi connectivity index (χ0) is 15.1. The van der Waals surface area contributed by atoms with Gasteiger partial charge in [0, 0.05) is 19.0 Å². The maximum atomic E-state index is 4.42. The minimum atomic E-state index is 0.375. The van der Waals surface area contributed by atoms with Crippen LogP contribution in [0.2, 0.25) is 0 Å². The van der Waals surface area contributed by atoms with E-state index in [1.54, 1.807) is 6.33 Å². The van der Waals surface area contributed by atoms with E-state index in [9.17, 15) is 0 Å². The van der Waals surface area contributed by atoms with E-state index in [-0.39, 0.29) is 0 Å². The van der Waals surface area contributed by atoms with Crippen LogP contribution in [-0.2, 0) is 13.0 Å². The molecule has 0 fully saturated rings. The number of aromatic nitrogens is 3. The summed E-state index contributed by atoms with van der Waals surface area (Å²) in [6.45, 7) is 8.47. The van der Waals surface area contributed by atoms with Crippen LogP contribution in [0.15, 0.2) is 36.7 Å². The van der Waals surface area contributed by atoms with Gasteiger partial charge in [-0.2, -0.15) is 5.10 Å². The fourth-order valence-corrected chi connectivity index (χ4v) is 2.57. The summed E-state index contributed by atoms with van der Waals surface area (Å²) < 4.78 is 2.04. The van der Waals surface area contributed by atoms with E-state index in [1.807, 2.05) is 4.68 Å². The topological polar surface area (TPSA) is 42.7 Å². The number of hydrogen-bond donors (Lipinski definition) is 1. The highest BCUT2D eigenvalue weighted by Crippen LogP contribution is 2.18. The lowest BCUT2D eigenvalue weighted by atomic mass is 10.0. The Morgan fingerprint density at radius 3 is 2.62 bits per heavy atom. The fourth-order valence-electron chi connectivity index (χ4n) is 2.57. The summed E-state index contributed by atoms with van der Waals surface area (Å²) in [4.78, 5) is 4.42. The molecule has 1 N–H and O–H groups in total. The highest BCUT2D eigenvalue weighted by atomic mass is 15.3. The van der Waals surface area contributed by atoms with E-state index >= 15 is 0 Å². The van der Waals surface area contributed by atoms with Gasteiger partial charge in [-0.15, -0.1) is 0 Å². The first-order valence-electron chi connectivity index (χ1n) is 7.85. The third-order valence-electron chi connectivity index (χ3n) is 3.54. The molecule has 0 saturated heterocycles. The Morgan fingerprint density at radius 2 is 1.95 bits per heavy atom. The van der Waals surface area contributed by atoms with E-state index in [2.05, 4.69) is 66.5 Å². The lowest BCUT2D eigenvalue weighted by Crippen LogP contribution is -2.22. The standard InChI is InChI=1S/C17H26N4/c1-4-18-16(15-8-6-5-7-9-15)10-11-17-19-13-20-21(17)12-14(2)3/h5-9,13-14,16,18H,4,10-12H2,1-3H3. The normalized spacial score (nSPS) is 12.8. The Morgan fingerprint density at radius 1 is 1.19 bits per heavy atom. The molecule has 2 aromatic rings. The van der Waals surface area contributed by atoms with Gasteiger partial charge in [-0.1, -0.05) is 51.1 Å². The molecule has 1 unspecified atom stereocenters. The molecule has 0 aliphatic heterocycles. The monoisotopic (exact) mass is 286 g/mol. The van der Waals surface area contributed by atoms with E-state index < -0.39 is 0 Å². The van der Waals surface area contributed by atoms with Crippen molar-refractivity contribution < 1.29 is 0 Å². The molecule has 114 valence electrons. The van der Waals surface area contributed by atoms with Gasteiger partial charge in [0.15, 0.2) is 0 Å². The zero-order valence-corrected chi connectivity index (χ0v) is 13.3. The number of nitrogens with zero attached hydrogens (tertiary/aromatic N) is 3. The van der Waals surface area contributed by atoms with Crippen LogP contribution in [0, 0.1) is 5.92 Å². The number of hydrogen-bond acceptors (Lipinski definition) is 3. The maximum Gasteiger partial charge on any atom is 0.138 e. The quantitative estimate of drug-likeness (QED) is 0.810. The van der Waals surface area contributed by atoms with Crippen molar-refractivity contribution in [3.8, 4) is 0 Å². The van der Waals surface area contributed by atoms with Crippen LogP contribution >= 0.6 is 0 Å². The molecular formula is C17H26N4. The zero-order valence-electron chi connectivity index (χ0n) is 13.3. The second-order valence-corrected chi connectivity index (χ2v) is 5.81. The molecule has 1 atom stereocenters. The van der Waals surface area contributed by atoms with Crippen LogP contribution in [0.4, 0.5) is 0 Å². The summed E-state index contributed by atoms with van der Waals surface area (Å²) in [5, 5.41) is 7.90. The van der Waals surface area contributed by atoms with E-state index in [4.69, 9.17) is 0 Å². The van der Waals surface area contributed by atoms with Crippen molar-refractivity contribution in [3.05, 3.63) is 48.0 Å². The highest BCUT2D eigenvalue weighted by molar-refractivity contribution is 5.19. The van der Waals surface area contributed by atoms with Crippen molar-refractivity contribution in [1.82, 2.24) is 20.1 Å². The molecule has 0 aliphatic rings. The molecule has 0 radical (unpaired) electrons. The third-order valence-corrected chi connectivity index (χ3v) is 3.54. The van der Waals surface area contributed by atoms with Crippen molar-refractivity contribution in [2.24, 2.45) is 5.92 Å². The Balaban J connectivity index is 2.01. The summed E-state index contributed by atoms with van der Waals surface area (Å²) in [7, 11) is 0. The summed E-state index contributed by atoms with van der Waals surface area (Å²) in [6, 6.07) is 11.0. The largest absolute Gasteiger partial charge is 0.310 e. The SMILES string of the molecule is CCNC(CCc1ncnn1CC(C)C)c1ccccc1. The molecule has 21 heavy (non-hydrogen) atoms. The average Bonchev–Trinajstić information content (AvgIpc) is 2.91. The van der Waals surface area contributed by atoms with Gasteiger partial charge in [-0.3, -0.25) is 0 Å². The molecule has 4 nitrogen and oxygen atoms in total. The highest BCUT2D eigenvalue weighted by Gasteiger charge is 2.13. The van der Waals surface area contributed by atoms with Crippen LogP contribution in [0.25, 0.3) is 0 Å². The van der Waals surface area contributed by atoms with Gasteiger partial charge in [0.2, 0.25) is 0 Å². The first-order valence-corrected chi connectivity index (χ1v) is 7.85. The summed E-state index contributed by atoms with van der Waals surface area (Å²) >= 11 is 0. The van der Waals surface area contributed by atoms with Crippen LogP contribution in [-0.4, -0.2) is 21.3 Å². The lowest BCUT2D eigenvalue weighted by molar-refractivity contribution is 0.449. The maximum absolute atomic E-state index is 4.42. The predicted molar refractivity (Wildman–Crippen MR) is 86.0 cm³/mol. The third kappa shape index (κ3) is 4.67. The van der Waals surface area contributed by atoms with Gasteiger partial charge in [-0.25, -0.2) is 9.67 Å². The summed E-state index contributed by atoms with van der Waals surface area (Å²) in [5.74, 6) is 1.67. The number of benzene rings is 1. The Bertz CT molecular complexity index is 519. The van der Waals surface area contributed by atoms with Crippen LogP contribution < -0.4 is 5.32 Å². The van der Waals surface area contributed by atoms with Crippen LogP contribution in [0.3, 0.4) is 0 Å². The summed E-state index contributed by atoms with van der Waals surface area (Å²) in [5.41, 5.74) is 1.34. The van der Waals surface area contributed by atoms with Crippen LogP contribution in [0.5, 0.6) is 0 Å². The van der Waals surface area contributed by atoms with E-state index in [1.165, 1.54) is 5.56 Å². The van der Waals surface area contributed by atoms with Crippen molar-refractivity contribution in [1.29, 1.82) is 0 Å². The Hall–Kier alpha value is -1.68. The summed E-state index contributed by atoms with van der Waals surface area (Å²) in [6.07, 6.45) is 3.65. The second kappa shape index (κ2) is 7.93. The molecular weight excluding hydrogens is 260 g/mol. The molecule has 1 aromatic carbocycles. The fraction of sp³-hybridized carbons (Fsp3) is 0.529. The molecule has 0 amide bonds. The van der Waals surface area contributed by atoms with Gasteiger partial charge in [0.1, 0.15) is 12.2 Å². The van der Waals surface area contributed by atoms with Crippen LogP contribution in [0.1, 0.15) is 44.6 Å². The Labute approximate surface area is 127 Å². The van der Waals surface area contributed by atoms with E-state index in [0.29, 0.717) is 12.0 Å². The molecule has 4 heteroatoms. The molecule has 2 rings (SSSR count). The number of nitrogens with one attached hydrogen (secondary N) is 1. The van der Waals surface area contributed by atoms with Crippen molar-refractivity contribution in [2.75, 3.05) is 6.54 Å². The molecule has 1 heterocycles. The smallest absolute Gasteiger partial charge is 0.138 e. The van der Waals surface area contributed by atoms with Gasteiger partial charge in [0.25, 0.3) is 0 Å². The molecule has 0 aliphatic carbocycles. The predicted octanol–water partition coefficient (Wildman–Crippen LogP) is 3.22. The molecule has 1 aromatic heterocycles. The van der Waals surface area contributed by atoms with E-state index in [0.717, 1.165) is 31.8 Å². The average molecular weight is 286 g/mol. The van der Waals surface area contributed by atoms with Gasteiger partial charge >= 0.3 is 0 Å². The van der Waals surface area contributed by atoms with Gasteiger partial charge in [0.05, 0.1) is 0 Å². The number of aryl methyl sites for hydroxylation is 1. The van der Waals surface area contributed by atoms with Gasteiger partial charge < -0.3 is 5.32 Å². The number of rotatable bonds is 8. The Kier molecular flexibility index (Phi) is 5.93.